The first-order valence-corrected chi connectivity index (χ1v) is 3.85. The predicted molar refractivity (Wildman–Crippen MR) is 49.8 cm³/mol. The minimum Gasteiger partial charge on any atom is -0.448 e. The molecule has 12 heavy (non-hydrogen) atoms. The van der Waals surface area contributed by atoms with E-state index in [1.807, 2.05) is 0 Å². The van der Waals surface area contributed by atoms with Gasteiger partial charge in [-0.3, -0.25) is 0 Å². The van der Waals surface area contributed by atoms with Gasteiger partial charge in [0.15, 0.2) is 4.67 Å². The Balaban J connectivity index is 2.64. The van der Waals surface area contributed by atoms with Gasteiger partial charge in [0.25, 0.3) is 0 Å². The summed E-state index contributed by atoms with van der Waals surface area (Å²) in [6, 6.07) is 3.48. The van der Waals surface area contributed by atoms with E-state index in [4.69, 9.17) is 15.9 Å². The third-order valence-corrected chi connectivity index (χ3v) is 1.38. The highest BCUT2D eigenvalue weighted by Crippen LogP contribution is 2.11. The zero-order valence-electron chi connectivity index (χ0n) is 6.07. The molecule has 1 aromatic heterocycles. The summed E-state index contributed by atoms with van der Waals surface area (Å²) in [4.78, 5) is 0. The van der Waals surface area contributed by atoms with Crippen LogP contribution in [-0.2, 0) is 0 Å². The fourth-order valence-corrected chi connectivity index (χ4v) is 0.869. The summed E-state index contributed by atoms with van der Waals surface area (Å²) in [5.41, 5.74) is 10.1. The van der Waals surface area contributed by atoms with Crippen molar-refractivity contribution in [1.82, 2.24) is 0 Å². The highest BCUT2D eigenvalue weighted by molar-refractivity contribution is 9.10. The molecule has 0 saturated carbocycles. The fourth-order valence-electron chi connectivity index (χ4n) is 0.550. The topological polar surface area (TPSA) is 89.9 Å². The van der Waals surface area contributed by atoms with Crippen LogP contribution in [0.5, 0.6) is 0 Å². The van der Waals surface area contributed by atoms with Crippen LogP contribution in [0.25, 0.3) is 0 Å². The van der Waals surface area contributed by atoms with Gasteiger partial charge >= 0.3 is 0 Å². The molecule has 0 aliphatic heterocycles. The van der Waals surface area contributed by atoms with Crippen molar-refractivity contribution in [2.75, 3.05) is 0 Å². The molecule has 0 aromatic carbocycles. The van der Waals surface area contributed by atoms with Crippen LogP contribution in [0.2, 0.25) is 0 Å². The van der Waals surface area contributed by atoms with E-state index in [1.165, 1.54) is 6.21 Å². The number of hydrogen-bond acceptors (Lipinski definition) is 3. The van der Waals surface area contributed by atoms with Gasteiger partial charge in [0, 0.05) is 0 Å². The molecular formula is C6H7BrN4O. The van der Waals surface area contributed by atoms with Crippen LogP contribution in [-0.4, -0.2) is 12.2 Å². The quantitative estimate of drug-likeness (QED) is 0.444. The summed E-state index contributed by atoms with van der Waals surface area (Å²) in [6.07, 6.45) is 1.41. The van der Waals surface area contributed by atoms with Crippen molar-refractivity contribution in [2.45, 2.75) is 0 Å². The molecule has 1 rings (SSSR count). The third kappa shape index (κ3) is 2.75. The molecular weight excluding hydrogens is 224 g/mol. The van der Waals surface area contributed by atoms with E-state index >= 15 is 0 Å². The minimum atomic E-state index is -0.0862. The maximum Gasteiger partial charge on any atom is 0.211 e. The van der Waals surface area contributed by atoms with Crippen LogP contribution >= 0.6 is 15.9 Å². The molecule has 0 amide bonds. The Kier molecular flexibility index (Phi) is 2.87. The SMILES string of the molecule is NC(N)=N/N=C\c1ccc(Br)o1. The van der Waals surface area contributed by atoms with Crippen LogP contribution in [0.3, 0.4) is 0 Å². The molecule has 0 spiro atoms. The highest BCUT2D eigenvalue weighted by Gasteiger charge is 1.93. The smallest absolute Gasteiger partial charge is 0.211 e. The highest BCUT2D eigenvalue weighted by atomic mass is 79.9. The Morgan fingerprint density at radius 1 is 1.50 bits per heavy atom. The second kappa shape index (κ2) is 3.91. The molecule has 4 N–H and O–H groups in total. The summed E-state index contributed by atoms with van der Waals surface area (Å²) in [5.74, 6) is 0.490. The zero-order chi connectivity index (χ0) is 8.97. The van der Waals surface area contributed by atoms with Crippen molar-refractivity contribution in [3.63, 3.8) is 0 Å². The normalized spacial score (nSPS) is 10.4. The van der Waals surface area contributed by atoms with Crippen LogP contribution in [0.15, 0.2) is 31.4 Å². The number of halogens is 1. The second-order valence-corrected chi connectivity index (χ2v) is 2.69. The van der Waals surface area contributed by atoms with E-state index in [9.17, 15) is 0 Å². The third-order valence-electron chi connectivity index (χ3n) is 0.952. The monoisotopic (exact) mass is 230 g/mol. The molecule has 0 saturated heterocycles. The van der Waals surface area contributed by atoms with Gasteiger partial charge in [-0.1, -0.05) is 0 Å². The first-order valence-electron chi connectivity index (χ1n) is 3.06. The molecule has 0 radical (unpaired) electrons. The lowest BCUT2D eigenvalue weighted by molar-refractivity contribution is 0.534. The molecule has 64 valence electrons. The van der Waals surface area contributed by atoms with Crippen molar-refractivity contribution in [3.8, 4) is 0 Å². The predicted octanol–water partition coefficient (Wildman–Crippen LogP) is 0.649. The van der Waals surface area contributed by atoms with Gasteiger partial charge < -0.3 is 15.9 Å². The number of hydrogen-bond donors (Lipinski definition) is 2. The van der Waals surface area contributed by atoms with Gasteiger partial charge in [-0.2, -0.15) is 5.10 Å². The summed E-state index contributed by atoms with van der Waals surface area (Å²) in [5, 5.41) is 6.95. The van der Waals surface area contributed by atoms with Crippen molar-refractivity contribution in [1.29, 1.82) is 0 Å². The molecule has 0 bridgehead atoms. The first-order chi connectivity index (χ1) is 5.68. The molecule has 5 nitrogen and oxygen atoms in total. The summed E-state index contributed by atoms with van der Waals surface area (Å²) < 4.78 is 5.71. The Morgan fingerprint density at radius 2 is 2.25 bits per heavy atom. The Morgan fingerprint density at radius 3 is 2.75 bits per heavy atom. The van der Waals surface area contributed by atoms with Crippen molar-refractivity contribution in [2.24, 2.45) is 21.7 Å². The Bertz CT molecular complexity index is 313. The van der Waals surface area contributed by atoms with E-state index in [0.29, 0.717) is 10.4 Å². The zero-order valence-corrected chi connectivity index (χ0v) is 7.65. The van der Waals surface area contributed by atoms with Gasteiger partial charge in [-0.25, -0.2) is 0 Å². The van der Waals surface area contributed by atoms with Gasteiger partial charge in [0.1, 0.15) is 5.76 Å². The van der Waals surface area contributed by atoms with Crippen LogP contribution in [0, 0.1) is 0 Å². The number of guanidine groups is 1. The maximum atomic E-state index is 5.08. The van der Waals surface area contributed by atoms with E-state index in [-0.39, 0.29) is 5.96 Å². The Hall–Kier alpha value is -1.30. The molecule has 0 fully saturated rings. The molecule has 0 aliphatic rings. The average molecular weight is 231 g/mol. The van der Waals surface area contributed by atoms with Crippen molar-refractivity contribution in [3.05, 3.63) is 22.6 Å². The number of rotatable bonds is 2. The lowest BCUT2D eigenvalue weighted by Gasteiger charge is -1.83. The first kappa shape index (κ1) is 8.79. The molecule has 0 atom stereocenters. The van der Waals surface area contributed by atoms with Crippen LogP contribution < -0.4 is 11.5 Å². The van der Waals surface area contributed by atoms with Crippen molar-refractivity contribution >= 4 is 28.1 Å². The minimum absolute atomic E-state index is 0.0862. The van der Waals surface area contributed by atoms with Crippen molar-refractivity contribution < 1.29 is 4.42 Å². The molecule has 0 unspecified atom stereocenters. The maximum absolute atomic E-state index is 5.08. The summed E-state index contributed by atoms with van der Waals surface area (Å²) in [6.45, 7) is 0. The molecule has 1 heterocycles. The summed E-state index contributed by atoms with van der Waals surface area (Å²) in [7, 11) is 0. The number of nitrogens with zero attached hydrogens (tertiary/aromatic N) is 2. The standard InChI is InChI=1S/C6H7BrN4O/c7-5-2-1-4(12-5)3-10-11-6(8)9/h1-3H,(H4,8,9,11)/b10-3-. The molecule has 0 aliphatic carbocycles. The lowest BCUT2D eigenvalue weighted by Crippen LogP contribution is -2.21. The van der Waals surface area contributed by atoms with Crippen LogP contribution in [0.1, 0.15) is 5.76 Å². The lowest BCUT2D eigenvalue weighted by atomic mass is 10.5. The van der Waals surface area contributed by atoms with Gasteiger partial charge in [-0.15, -0.1) is 5.10 Å². The van der Waals surface area contributed by atoms with Gasteiger partial charge in [0.05, 0.1) is 6.21 Å². The van der Waals surface area contributed by atoms with Gasteiger partial charge in [0.2, 0.25) is 5.96 Å². The largest absolute Gasteiger partial charge is 0.448 e. The van der Waals surface area contributed by atoms with Crippen LogP contribution in [0.4, 0.5) is 0 Å². The van der Waals surface area contributed by atoms with E-state index < -0.39 is 0 Å². The average Bonchev–Trinajstić information content (AvgIpc) is 2.35. The molecule has 6 heteroatoms. The Labute approximate surface area is 77.3 Å². The summed E-state index contributed by atoms with van der Waals surface area (Å²) >= 11 is 3.14. The van der Waals surface area contributed by atoms with E-state index in [2.05, 4.69) is 26.1 Å². The molecule has 1 aromatic rings. The fraction of sp³-hybridized carbons (Fsp3) is 0. The van der Waals surface area contributed by atoms with Gasteiger partial charge in [-0.05, 0) is 28.1 Å². The number of furan rings is 1. The number of nitrogens with two attached hydrogens (primary N) is 2. The second-order valence-electron chi connectivity index (χ2n) is 1.91. The van der Waals surface area contributed by atoms with E-state index in [0.717, 1.165) is 0 Å². The van der Waals surface area contributed by atoms with E-state index in [1.54, 1.807) is 12.1 Å².